The second kappa shape index (κ2) is 0.667. The lowest BCUT2D eigenvalue weighted by atomic mass is 9.37. The summed E-state index contributed by atoms with van der Waals surface area (Å²) in [6.45, 7) is 0. The van der Waals surface area contributed by atoms with Crippen LogP contribution in [0, 0.1) is 23.7 Å². The minimum atomic E-state index is 1.24. The highest BCUT2D eigenvalue weighted by Crippen LogP contribution is 2.69. The molecule has 0 saturated heterocycles. The Morgan fingerprint density at radius 1 is 0.714 bits per heavy atom. The van der Waals surface area contributed by atoms with Gasteiger partial charge in [0.1, 0.15) is 0 Å². The van der Waals surface area contributed by atoms with E-state index in [2.05, 4.69) is 0 Å². The zero-order valence-electron chi connectivity index (χ0n) is 4.43. The van der Waals surface area contributed by atoms with Crippen LogP contribution in [0.3, 0.4) is 0 Å². The predicted molar refractivity (Wildman–Crippen MR) is 27.8 cm³/mol. The highest BCUT2D eigenvalue weighted by Gasteiger charge is 2.61. The average Bonchev–Trinajstić information content (AvgIpc) is 1.66. The van der Waals surface area contributed by atoms with Gasteiger partial charge in [0, 0.05) is 0 Å². The van der Waals surface area contributed by atoms with Crippen LogP contribution in [0.1, 0.15) is 19.3 Å². The van der Waals surface area contributed by atoms with E-state index in [0.29, 0.717) is 0 Å². The van der Waals surface area contributed by atoms with Gasteiger partial charge in [-0.25, -0.2) is 0 Å². The third-order valence-electron chi connectivity index (χ3n) is 3.45. The molecule has 3 rings (SSSR count). The lowest BCUT2D eigenvalue weighted by molar-refractivity contribution is -0.191. The van der Waals surface area contributed by atoms with Gasteiger partial charge < -0.3 is 0 Å². The molecule has 3 aliphatic carbocycles. The summed E-state index contributed by atoms with van der Waals surface area (Å²) in [5.41, 5.74) is 0. The molecule has 3 aliphatic rings. The Balaban J connectivity index is 2.00. The van der Waals surface area contributed by atoms with E-state index < -0.39 is 0 Å². The first kappa shape index (κ1) is 3.11. The van der Waals surface area contributed by atoms with E-state index in [-0.39, 0.29) is 0 Å². The molecule has 0 radical (unpaired) electrons. The van der Waals surface area contributed by atoms with E-state index in [1.165, 1.54) is 23.7 Å². The standard InChI is InChI=1S/C7H10/c1-4-2-6-3-5(1)7(4)6/h4-7H,1-3H2. The summed E-state index contributed by atoms with van der Waals surface area (Å²) >= 11 is 0. The van der Waals surface area contributed by atoms with Crippen LogP contribution in [0.4, 0.5) is 0 Å². The molecule has 0 heteroatoms. The second-order valence-electron chi connectivity index (χ2n) is 3.56. The van der Waals surface area contributed by atoms with Gasteiger partial charge in [-0.3, -0.25) is 0 Å². The highest BCUT2D eigenvalue weighted by atomic mass is 14.7. The zero-order valence-corrected chi connectivity index (χ0v) is 4.43. The van der Waals surface area contributed by atoms with E-state index in [1.54, 1.807) is 19.3 Å². The molecule has 38 valence electrons. The van der Waals surface area contributed by atoms with E-state index in [0.717, 1.165) is 0 Å². The molecular formula is C7H10. The molecular weight excluding hydrogens is 84.1 g/mol. The van der Waals surface area contributed by atoms with Gasteiger partial charge in [-0.1, -0.05) is 0 Å². The van der Waals surface area contributed by atoms with Crippen LogP contribution in [0.2, 0.25) is 0 Å². The number of hydrogen-bond acceptors (Lipinski definition) is 0. The minimum Gasteiger partial charge on any atom is -0.0470 e. The first-order chi connectivity index (χ1) is 3.45. The van der Waals surface area contributed by atoms with Gasteiger partial charge in [0.25, 0.3) is 0 Å². The van der Waals surface area contributed by atoms with Crippen molar-refractivity contribution in [3.05, 3.63) is 0 Å². The lowest BCUT2D eigenvalue weighted by Gasteiger charge is -2.68. The Morgan fingerprint density at radius 2 is 1.14 bits per heavy atom. The van der Waals surface area contributed by atoms with Gasteiger partial charge in [0.2, 0.25) is 0 Å². The predicted octanol–water partition coefficient (Wildman–Crippen LogP) is 1.66. The van der Waals surface area contributed by atoms with Gasteiger partial charge in [-0.15, -0.1) is 0 Å². The third-order valence-corrected chi connectivity index (χ3v) is 3.45. The SMILES string of the molecule is C1C2CC3CC1C23. The lowest BCUT2D eigenvalue weighted by Crippen LogP contribution is -2.60. The molecule has 0 unspecified atom stereocenters. The van der Waals surface area contributed by atoms with Crippen LogP contribution in [0.25, 0.3) is 0 Å². The Morgan fingerprint density at radius 3 is 1.14 bits per heavy atom. The summed E-state index contributed by atoms with van der Waals surface area (Å²) in [5, 5.41) is 0. The monoisotopic (exact) mass is 94.1 g/mol. The van der Waals surface area contributed by atoms with Crippen molar-refractivity contribution in [3.63, 3.8) is 0 Å². The summed E-state index contributed by atoms with van der Waals surface area (Å²) < 4.78 is 0. The molecule has 7 heavy (non-hydrogen) atoms. The van der Waals surface area contributed by atoms with E-state index in [4.69, 9.17) is 0 Å². The van der Waals surface area contributed by atoms with E-state index in [9.17, 15) is 0 Å². The first-order valence-corrected chi connectivity index (χ1v) is 3.45. The Kier molecular flexibility index (Phi) is 0.296. The van der Waals surface area contributed by atoms with Gasteiger partial charge in [-0.05, 0) is 42.9 Å². The quantitative estimate of drug-likeness (QED) is 0.428. The molecule has 3 fully saturated rings. The topological polar surface area (TPSA) is 0 Å². The second-order valence-corrected chi connectivity index (χ2v) is 3.56. The Labute approximate surface area is 43.9 Å². The van der Waals surface area contributed by atoms with Crippen molar-refractivity contribution < 1.29 is 0 Å². The molecule has 0 spiro atoms. The molecule has 0 atom stereocenters. The molecule has 0 aromatic heterocycles. The molecule has 0 N–H and O–H groups in total. The molecule has 0 bridgehead atoms. The smallest absolute Gasteiger partial charge is 0.0328 e. The van der Waals surface area contributed by atoms with Gasteiger partial charge >= 0.3 is 0 Å². The largest absolute Gasteiger partial charge is 0.0470 e. The summed E-state index contributed by atoms with van der Waals surface area (Å²) in [4.78, 5) is 0. The normalized spacial score (nSPS) is 72.0. The zero-order chi connectivity index (χ0) is 4.43. The number of rotatable bonds is 0. The average molecular weight is 94.2 g/mol. The van der Waals surface area contributed by atoms with Crippen molar-refractivity contribution in [2.24, 2.45) is 23.7 Å². The summed E-state index contributed by atoms with van der Waals surface area (Å²) in [5.74, 6) is 5.00. The van der Waals surface area contributed by atoms with Crippen LogP contribution in [-0.4, -0.2) is 0 Å². The fourth-order valence-corrected chi connectivity index (χ4v) is 2.97. The maximum absolute atomic E-state index is 1.61. The minimum absolute atomic E-state index is 1.24. The van der Waals surface area contributed by atoms with Crippen LogP contribution in [0.15, 0.2) is 0 Å². The Hall–Kier alpha value is 0. The van der Waals surface area contributed by atoms with Gasteiger partial charge in [0.15, 0.2) is 0 Å². The van der Waals surface area contributed by atoms with E-state index in [1.807, 2.05) is 0 Å². The fourth-order valence-electron chi connectivity index (χ4n) is 2.97. The summed E-state index contributed by atoms with van der Waals surface area (Å²) in [6, 6.07) is 0. The van der Waals surface area contributed by atoms with Crippen molar-refractivity contribution in [1.29, 1.82) is 0 Å². The van der Waals surface area contributed by atoms with Crippen LogP contribution >= 0.6 is 0 Å². The molecule has 0 aromatic carbocycles. The van der Waals surface area contributed by atoms with Crippen LogP contribution in [0.5, 0.6) is 0 Å². The summed E-state index contributed by atoms with van der Waals surface area (Å²) in [7, 11) is 0. The molecule has 0 amide bonds. The van der Waals surface area contributed by atoms with Crippen molar-refractivity contribution in [3.8, 4) is 0 Å². The molecule has 0 heterocycles. The maximum Gasteiger partial charge on any atom is -0.0328 e. The van der Waals surface area contributed by atoms with Crippen molar-refractivity contribution in [2.45, 2.75) is 19.3 Å². The number of hydrogen-bond donors (Lipinski definition) is 0. The fraction of sp³-hybridized carbons (Fsp3) is 1.00. The third kappa shape index (κ3) is 0.167. The van der Waals surface area contributed by atoms with Gasteiger partial charge in [0.05, 0.1) is 0 Å². The van der Waals surface area contributed by atoms with Crippen molar-refractivity contribution in [1.82, 2.24) is 0 Å². The van der Waals surface area contributed by atoms with Crippen LogP contribution < -0.4 is 0 Å². The first-order valence-electron chi connectivity index (χ1n) is 3.45. The maximum atomic E-state index is 1.61. The Bertz CT molecular complexity index is 87.4. The van der Waals surface area contributed by atoms with Crippen molar-refractivity contribution >= 4 is 0 Å². The van der Waals surface area contributed by atoms with Crippen LogP contribution in [-0.2, 0) is 0 Å². The summed E-state index contributed by atoms with van der Waals surface area (Å²) in [6.07, 6.45) is 4.84. The molecule has 0 nitrogen and oxygen atoms in total. The van der Waals surface area contributed by atoms with E-state index >= 15 is 0 Å². The molecule has 3 saturated carbocycles. The highest BCUT2D eigenvalue weighted by molar-refractivity contribution is 5.10. The molecule has 0 aliphatic heterocycles. The van der Waals surface area contributed by atoms with Gasteiger partial charge in [-0.2, -0.15) is 0 Å². The molecule has 0 aromatic rings. The van der Waals surface area contributed by atoms with Crippen molar-refractivity contribution in [2.75, 3.05) is 0 Å².